The summed E-state index contributed by atoms with van der Waals surface area (Å²) in [6, 6.07) is 16.6. The van der Waals surface area contributed by atoms with E-state index in [2.05, 4.69) is 11.4 Å². The first-order chi connectivity index (χ1) is 9.58. The summed E-state index contributed by atoms with van der Waals surface area (Å²) in [5.74, 6) is -0.0627. The van der Waals surface area contributed by atoms with Crippen LogP contribution < -0.4 is 5.32 Å². The molecule has 0 aliphatic heterocycles. The second-order valence-electron chi connectivity index (χ2n) is 4.51. The second-order valence-corrected chi connectivity index (χ2v) is 4.51. The number of urea groups is 1. The zero-order valence-electron chi connectivity index (χ0n) is 11.4. The van der Waals surface area contributed by atoms with Crippen molar-refractivity contribution >= 4 is 17.5 Å². The summed E-state index contributed by atoms with van der Waals surface area (Å²) in [4.78, 5) is 25.1. The van der Waals surface area contributed by atoms with Gasteiger partial charge >= 0.3 is 6.03 Å². The van der Waals surface area contributed by atoms with Gasteiger partial charge in [0.1, 0.15) is 0 Å². The van der Waals surface area contributed by atoms with E-state index >= 15 is 0 Å². The van der Waals surface area contributed by atoms with Crippen LogP contribution in [0, 0.1) is 6.07 Å². The van der Waals surface area contributed by atoms with Gasteiger partial charge in [0.2, 0.25) is 0 Å². The first-order valence-corrected chi connectivity index (χ1v) is 6.17. The van der Waals surface area contributed by atoms with Gasteiger partial charge in [-0.05, 0) is 18.2 Å². The molecule has 0 fully saturated rings. The van der Waals surface area contributed by atoms with Gasteiger partial charge < -0.3 is 10.2 Å². The number of carbonyl (C=O) groups is 2. The number of carbonyl (C=O) groups excluding carboxylic acids is 2. The van der Waals surface area contributed by atoms with Gasteiger partial charge in [0, 0.05) is 31.3 Å². The molecular weight excluding hydrogens is 252 g/mol. The number of amides is 2. The topological polar surface area (TPSA) is 49.4 Å². The van der Waals surface area contributed by atoms with Crippen LogP contribution in [0.5, 0.6) is 0 Å². The first kappa shape index (κ1) is 13.8. The number of hydrogen-bond donors (Lipinski definition) is 1. The van der Waals surface area contributed by atoms with Crippen LogP contribution >= 0.6 is 0 Å². The Morgan fingerprint density at radius 3 is 2.25 bits per heavy atom. The normalized spacial score (nSPS) is 9.90. The zero-order chi connectivity index (χ0) is 14.5. The van der Waals surface area contributed by atoms with Crippen molar-refractivity contribution in [3.8, 4) is 0 Å². The van der Waals surface area contributed by atoms with E-state index in [-0.39, 0.29) is 11.8 Å². The summed E-state index contributed by atoms with van der Waals surface area (Å²) in [6.45, 7) is 0. The third-order valence-corrected chi connectivity index (χ3v) is 2.76. The Kier molecular flexibility index (Phi) is 4.15. The van der Waals surface area contributed by atoms with E-state index in [4.69, 9.17) is 0 Å². The number of anilines is 1. The van der Waals surface area contributed by atoms with Gasteiger partial charge in [-0.3, -0.25) is 4.79 Å². The fraction of sp³-hybridized carbons (Fsp3) is 0.125. The van der Waals surface area contributed by atoms with Gasteiger partial charge in [-0.1, -0.05) is 30.3 Å². The molecule has 0 saturated carbocycles. The van der Waals surface area contributed by atoms with Gasteiger partial charge in [-0.2, -0.15) is 0 Å². The van der Waals surface area contributed by atoms with Crippen LogP contribution in [0.2, 0.25) is 0 Å². The summed E-state index contributed by atoms with van der Waals surface area (Å²) in [5.41, 5.74) is 1.71. The van der Waals surface area contributed by atoms with Crippen molar-refractivity contribution in [2.24, 2.45) is 0 Å². The quantitative estimate of drug-likeness (QED) is 0.869. The van der Waals surface area contributed by atoms with Crippen molar-refractivity contribution in [3.05, 3.63) is 65.7 Å². The molecule has 0 unspecified atom stereocenters. The summed E-state index contributed by atoms with van der Waals surface area (Å²) >= 11 is 0. The van der Waals surface area contributed by atoms with E-state index in [0.29, 0.717) is 16.8 Å². The Bertz CT molecular complexity index is 604. The van der Waals surface area contributed by atoms with Crippen molar-refractivity contribution in [2.45, 2.75) is 0 Å². The van der Waals surface area contributed by atoms with Gasteiger partial charge in [-0.25, -0.2) is 4.79 Å². The standard InChI is InChI=1S/C16H15N2O2/c1-18(2)16(20)17-14-10-8-13(9-11-14)15(19)12-6-4-3-5-7-12/h3-10H,1-2H3,(H,17,20). The molecule has 0 atom stereocenters. The first-order valence-electron chi connectivity index (χ1n) is 6.17. The highest BCUT2D eigenvalue weighted by Crippen LogP contribution is 2.13. The number of ketones is 1. The molecule has 2 rings (SSSR count). The second kappa shape index (κ2) is 6.02. The Hall–Kier alpha value is -2.62. The smallest absolute Gasteiger partial charge is 0.321 e. The van der Waals surface area contributed by atoms with E-state index in [1.165, 1.54) is 4.90 Å². The van der Waals surface area contributed by atoms with E-state index in [1.807, 2.05) is 18.2 Å². The summed E-state index contributed by atoms with van der Waals surface area (Å²) in [6.07, 6.45) is 0. The summed E-state index contributed by atoms with van der Waals surface area (Å²) in [5, 5.41) is 2.67. The molecule has 20 heavy (non-hydrogen) atoms. The van der Waals surface area contributed by atoms with E-state index in [1.54, 1.807) is 44.4 Å². The predicted molar refractivity (Wildman–Crippen MR) is 77.9 cm³/mol. The SMILES string of the molecule is CN(C)C(=O)Nc1[c]cc(C(=O)c2ccccc2)cc1. The molecule has 2 aromatic rings. The number of hydrogen-bond acceptors (Lipinski definition) is 2. The molecule has 0 aromatic heterocycles. The molecule has 0 bridgehead atoms. The molecule has 101 valence electrons. The van der Waals surface area contributed by atoms with Gasteiger partial charge in [-0.15, -0.1) is 0 Å². The maximum atomic E-state index is 12.2. The van der Waals surface area contributed by atoms with E-state index in [9.17, 15) is 9.59 Å². The molecular formula is C16H15N2O2. The minimum atomic E-state index is -0.233. The van der Waals surface area contributed by atoms with Gasteiger partial charge in [0.15, 0.2) is 5.78 Å². The van der Waals surface area contributed by atoms with Crippen LogP contribution in [0.15, 0.2) is 48.5 Å². The average molecular weight is 267 g/mol. The molecule has 0 spiro atoms. The lowest BCUT2D eigenvalue weighted by molar-refractivity contribution is 0.103. The van der Waals surface area contributed by atoms with Crippen LogP contribution in [0.1, 0.15) is 15.9 Å². The lowest BCUT2D eigenvalue weighted by Crippen LogP contribution is -2.27. The lowest BCUT2D eigenvalue weighted by Gasteiger charge is -2.11. The molecule has 2 aromatic carbocycles. The Morgan fingerprint density at radius 1 is 1.00 bits per heavy atom. The largest absolute Gasteiger partial charge is 0.331 e. The molecule has 0 heterocycles. The summed E-state index contributed by atoms with van der Waals surface area (Å²) < 4.78 is 0. The van der Waals surface area contributed by atoms with Crippen LogP contribution in [0.4, 0.5) is 10.5 Å². The average Bonchev–Trinajstić information content (AvgIpc) is 2.48. The molecule has 1 radical (unpaired) electrons. The Morgan fingerprint density at radius 2 is 1.70 bits per heavy atom. The predicted octanol–water partition coefficient (Wildman–Crippen LogP) is 2.81. The van der Waals surface area contributed by atoms with Crippen molar-refractivity contribution in [2.75, 3.05) is 19.4 Å². The highest BCUT2D eigenvalue weighted by atomic mass is 16.2. The molecule has 0 aliphatic carbocycles. The number of rotatable bonds is 3. The molecule has 2 amide bonds. The maximum Gasteiger partial charge on any atom is 0.321 e. The Labute approximate surface area is 118 Å². The molecule has 1 N–H and O–H groups in total. The highest BCUT2D eigenvalue weighted by molar-refractivity contribution is 6.09. The van der Waals surface area contributed by atoms with Crippen LogP contribution in [-0.2, 0) is 0 Å². The fourth-order valence-electron chi connectivity index (χ4n) is 1.63. The highest BCUT2D eigenvalue weighted by Gasteiger charge is 2.09. The molecule has 4 heteroatoms. The fourth-order valence-corrected chi connectivity index (χ4v) is 1.63. The minimum absolute atomic E-state index is 0.0627. The van der Waals surface area contributed by atoms with E-state index < -0.39 is 0 Å². The third kappa shape index (κ3) is 3.23. The summed E-state index contributed by atoms with van der Waals surface area (Å²) in [7, 11) is 3.31. The minimum Gasteiger partial charge on any atom is -0.331 e. The number of benzene rings is 2. The number of nitrogens with one attached hydrogen (secondary N) is 1. The van der Waals surface area contributed by atoms with Gasteiger partial charge in [0.05, 0.1) is 5.69 Å². The van der Waals surface area contributed by atoms with E-state index in [0.717, 1.165) is 0 Å². The van der Waals surface area contributed by atoms with Crippen LogP contribution in [-0.4, -0.2) is 30.8 Å². The molecule has 4 nitrogen and oxygen atoms in total. The maximum absolute atomic E-state index is 12.2. The van der Waals surface area contributed by atoms with Crippen LogP contribution in [0.25, 0.3) is 0 Å². The van der Waals surface area contributed by atoms with Crippen molar-refractivity contribution in [1.29, 1.82) is 0 Å². The zero-order valence-corrected chi connectivity index (χ0v) is 11.4. The van der Waals surface area contributed by atoms with Gasteiger partial charge in [0.25, 0.3) is 0 Å². The monoisotopic (exact) mass is 267 g/mol. The number of nitrogens with zero attached hydrogens (tertiary/aromatic N) is 1. The lowest BCUT2D eigenvalue weighted by atomic mass is 10.0. The van der Waals surface area contributed by atoms with Crippen LogP contribution in [0.3, 0.4) is 0 Å². The van der Waals surface area contributed by atoms with Crippen molar-refractivity contribution < 1.29 is 9.59 Å². The third-order valence-electron chi connectivity index (χ3n) is 2.76. The van der Waals surface area contributed by atoms with Crippen molar-refractivity contribution in [3.63, 3.8) is 0 Å². The molecule has 0 saturated heterocycles. The Balaban J connectivity index is 2.12. The van der Waals surface area contributed by atoms with Crippen molar-refractivity contribution in [1.82, 2.24) is 4.90 Å². The molecule has 0 aliphatic rings.